The van der Waals surface area contributed by atoms with E-state index in [2.05, 4.69) is 16.0 Å². The third-order valence-electron chi connectivity index (χ3n) is 5.45. The second-order valence-electron chi connectivity index (χ2n) is 9.51. The zero-order chi connectivity index (χ0) is 26.2. The fourth-order valence-corrected chi connectivity index (χ4v) is 3.31. The van der Waals surface area contributed by atoms with Crippen LogP contribution in [0.2, 0.25) is 0 Å². The van der Waals surface area contributed by atoms with Crippen LogP contribution in [0, 0.1) is 17.8 Å². The van der Waals surface area contributed by atoms with Crippen LogP contribution in [0.3, 0.4) is 0 Å². The van der Waals surface area contributed by atoms with E-state index in [1.807, 2.05) is 0 Å². The summed E-state index contributed by atoms with van der Waals surface area (Å²) in [7, 11) is 0. The number of hydrogen-bond donors (Lipinski definition) is 6. The number of carboxylic acids is 1. The maximum Gasteiger partial charge on any atom is 0.326 e. The van der Waals surface area contributed by atoms with Gasteiger partial charge in [-0.15, -0.1) is 0 Å². The number of amides is 3. The van der Waals surface area contributed by atoms with Crippen LogP contribution in [0.4, 0.5) is 0 Å². The van der Waals surface area contributed by atoms with Gasteiger partial charge in [-0.1, -0.05) is 53.7 Å². The van der Waals surface area contributed by atoms with Crippen molar-refractivity contribution in [2.24, 2.45) is 23.5 Å². The van der Waals surface area contributed by atoms with E-state index in [1.165, 1.54) is 12.1 Å². The smallest absolute Gasteiger partial charge is 0.326 e. The molecule has 0 heterocycles. The predicted octanol–water partition coefficient (Wildman–Crippen LogP) is 0.769. The maximum absolute atomic E-state index is 13.0. The molecular weight excluding hydrogens is 440 g/mol. The van der Waals surface area contributed by atoms with Crippen molar-refractivity contribution in [2.45, 2.75) is 72.1 Å². The number of carbonyl (C=O) groups is 4. The van der Waals surface area contributed by atoms with Crippen LogP contribution in [-0.2, 0) is 25.6 Å². The van der Waals surface area contributed by atoms with E-state index in [1.54, 1.807) is 53.7 Å². The van der Waals surface area contributed by atoms with Crippen molar-refractivity contribution in [3.8, 4) is 5.75 Å². The lowest BCUT2D eigenvalue weighted by atomic mass is 9.98. The average Bonchev–Trinajstić information content (AvgIpc) is 2.74. The van der Waals surface area contributed by atoms with E-state index >= 15 is 0 Å². The Hall–Kier alpha value is -3.14. The first kappa shape index (κ1) is 28.9. The molecule has 10 heteroatoms. The van der Waals surface area contributed by atoms with Gasteiger partial charge in [0.25, 0.3) is 0 Å². The third-order valence-corrected chi connectivity index (χ3v) is 5.45. The zero-order valence-electron chi connectivity index (χ0n) is 20.7. The molecule has 1 aromatic carbocycles. The minimum Gasteiger partial charge on any atom is -0.508 e. The highest BCUT2D eigenvalue weighted by Gasteiger charge is 2.33. The van der Waals surface area contributed by atoms with Gasteiger partial charge in [0, 0.05) is 0 Å². The molecule has 10 nitrogen and oxygen atoms in total. The van der Waals surface area contributed by atoms with Gasteiger partial charge in [0.05, 0.1) is 6.04 Å². The molecule has 3 amide bonds. The summed E-state index contributed by atoms with van der Waals surface area (Å²) in [5.74, 6) is -3.74. The first-order valence-corrected chi connectivity index (χ1v) is 11.4. The van der Waals surface area contributed by atoms with Crippen molar-refractivity contribution in [3.63, 3.8) is 0 Å². The average molecular weight is 479 g/mol. The summed E-state index contributed by atoms with van der Waals surface area (Å²) < 4.78 is 0. The summed E-state index contributed by atoms with van der Waals surface area (Å²) in [6.45, 7) is 10.3. The number of aromatic hydroxyl groups is 1. The Morgan fingerprint density at radius 2 is 1.12 bits per heavy atom. The highest BCUT2D eigenvalue weighted by atomic mass is 16.4. The van der Waals surface area contributed by atoms with E-state index in [4.69, 9.17) is 5.73 Å². The third kappa shape index (κ3) is 8.66. The lowest BCUT2D eigenvalue weighted by Crippen LogP contribution is -2.60. The number of phenols is 1. The van der Waals surface area contributed by atoms with Crippen molar-refractivity contribution in [3.05, 3.63) is 29.8 Å². The number of carbonyl (C=O) groups excluding carboxylic acids is 3. The molecule has 0 aliphatic heterocycles. The summed E-state index contributed by atoms with van der Waals surface area (Å²) in [5, 5.41) is 26.5. The molecule has 0 aromatic heterocycles. The summed E-state index contributed by atoms with van der Waals surface area (Å²) in [5.41, 5.74) is 6.77. The lowest BCUT2D eigenvalue weighted by molar-refractivity contribution is -0.144. The molecule has 0 fully saturated rings. The van der Waals surface area contributed by atoms with E-state index in [9.17, 15) is 29.4 Å². The van der Waals surface area contributed by atoms with Gasteiger partial charge in [-0.2, -0.15) is 0 Å². The molecule has 1 aromatic rings. The van der Waals surface area contributed by atoms with E-state index in [-0.39, 0.29) is 29.9 Å². The van der Waals surface area contributed by atoms with Crippen LogP contribution >= 0.6 is 0 Å². The number of carboxylic acid groups (broad SMARTS) is 1. The quantitative estimate of drug-likeness (QED) is 0.257. The second-order valence-corrected chi connectivity index (χ2v) is 9.51. The van der Waals surface area contributed by atoms with E-state index < -0.39 is 47.9 Å². The van der Waals surface area contributed by atoms with Crippen LogP contribution in [0.25, 0.3) is 0 Å². The highest BCUT2D eigenvalue weighted by molar-refractivity contribution is 5.94. The minimum atomic E-state index is -1.16. The van der Waals surface area contributed by atoms with Crippen molar-refractivity contribution >= 4 is 23.7 Å². The monoisotopic (exact) mass is 478 g/mol. The van der Waals surface area contributed by atoms with E-state index in [0.29, 0.717) is 0 Å². The molecule has 0 bridgehead atoms. The van der Waals surface area contributed by atoms with Crippen LogP contribution in [0.1, 0.15) is 47.1 Å². The predicted molar refractivity (Wildman–Crippen MR) is 128 cm³/mol. The van der Waals surface area contributed by atoms with Gasteiger partial charge >= 0.3 is 5.97 Å². The molecule has 34 heavy (non-hydrogen) atoms. The standard InChI is InChI=1S/C24H38N4O6/c1-12(2)18(26-21(30)17(25)11-15-7-9-16(29)10-8-15)22(31)27-19(13(3)4)23(32)28-20(14(5)6)24(33)34/h7-10,12-14,17-20,29H,11,25H2,1-6H3,(H,26,30)(H,27,31)(H,28,32)(H,33,34). The lowest BCUT2D eigenvalue weighted by Gasteiger charge is -2.29. The first-order chi connectivity index (χ1) is 15.7. The molecule has 0 saturated heterocycles. The molecule has 0 aliphatic rings. The van der Waals surface area contributed by atoms with Gasteiger partial charge < -0.3 is 31.9 Å². The molecule has 0 spiro atoms. The number of hydrogen-bond acceptors (Lipinski definition) is 6. The number of rotatable bonds is 12. The van der Waals surface area contributed by atoms with Crippen LogP contribution in [0.15, 0.2) is 24.3 Å². The molecule has 0 saturated carbocycles. The molecule has 190 valence electrons. The van der Waals surface area contributed by atoms with Crippen molar-refractivity contribution < 1.29 is 29.4 Å². The van der Waals surface area contributed by atoms with Crippen molar-refractivity contribution in [1.29, 1.82) is 0 Å². The summed E-state index contributed by atoms with van der Waals surface area (Å²) in [6, 6.07) is 2.34. The Kier molecular flexibility index (Phi) is 11.0. The Bertz CT molecular complexity index is 854. The molecule has 0 radical (unpaired) electrons. The Morgan fingerprint density at radius 1 is 0.735 bits per heavy atom. The van der Waals surface area contributed by atoms with Gasteiger partial charge in [0.2, 0.25) is 17.7 Å². The minimum absolute atomic E-state index is 0.102. The molecule has 4 atom stereocenters. The van der Waals surface area contributed by atoms with Gasteiger partial charge in [-0.3, -0.25) is 14.4 Å². The van der Waals surface area contributed by atoms with Crippen LogP contribution < -0.4 is 21.7 Å². The van der Waals surface area contributed by atoms with Crippen molar-refractivity contribution in [2.75, 3.05) is 0 Å². The van der Waals surface area contributed by atoms with Gasteiger partial charge in [-0.25, -0.2) is 4.79 Å². The summed E-state index contributed by atoms with van der Waals surface area (Å²) in [4.78, 5) is 49.9. The van der Waals surface area contributed by atoms with Gasteiger partial charge in [-0.05, 0) is 41.9 Å². The van der Waals surface area contributed by atoms with Crippen LogP contribution in [-0.4, -0.2) is 58.1 Å². The van der Waals surface area contributed by atoms with Gasteiger partial charge in [0.1, 0.15) is 23.9 Å². The topological polar surface area (TPSA) is 171 Å². The molecule has 1 rings (SSSR count). The Balaban J connectivity index is 2.89. The molecule has 4 unspecified atom stereocenters. The number of aliphatic carboxylic acids is 1. The number of nitrogens with two attached hydrogens (primary N) is 1. The summed E-state index contributed by atoms with van der Waals surface area (Å²) >= 11 is 0. The van der Waals surface area contributed by atoms with Crippen LogP contribution in [0.5, 0.6) is 5.75 Å². The van der Waals surface area contributed by atoms with Crippen molar-refractivity contribution in [1.82, 2.24) is 16.0 Å². The SMILES string of the molecule is CC(C)C(NC(=O)C(NC(=O)C(NC(=O)C(N)Cc1ccc(O)cc1)C(C)C)C(C)C)C(=O)O. The number of phenolic OH excluding ortho intramolecular Hbond substituents is 1. The fourth-order valence-electron chi connectivity index (χ4n) is 3.31. The highest BCUT2D eigenvalue weighted by Crippen LogP contribution is 2.12. The van der Waals surface area contributed by atoms with E-state index in [0.717, 1.165) is 5.56 Å². The molecule has 0 aliphatic carbocycles. The molecular formula is C24H38N4O6. The number of nitrogens with one attached hydrogen (secondary N) is 3. The first-order valence-electron chi connectivity index (χ1n) is 11.4. The summed E-state index contributed by atoms with van der Waals surface area (Å²) in [6.07, 6.45) is 0.210. The largest absolute Gasteiger partial charge is 0.508 e. The number of benzene rings is 1. The Labute approximate surface area is 200 Å². The molecule has 7 N–H and O–H groups in total. The fraction of sp³-hybridized carbons (Fsp3) is 0.583. The second kappa shape index (κ2) is 12.9. The Morgan fingerprint density at radius 3 is 1.50 bits per heavy atom. The van der Waals surface area contributed by atoms with Gasteiger partial charge in [0.15, 0.2) is 0 Å². The maximum atomic E-state index is 13.0. The normalized spacial score (nSPS) is 14.9. The zero-order valence-corrected chi connectivity index (χ0v) is 20.7.